The van der Waals surface area contributed by atoms with Crippen molar-refractivity contribution < 1.29 is 37.6 Å². The Morgan fingerprint density at radius 3 is 1.83 bits per heavy atom. The molecular formula is C62H74N12O9. The number of methoxy groups -OCH3 is 2. The Balaban J connectivity index is 0.00000445. The van der Waals surface area contributed by atoms with Crippen molar-refractivity contribution in [3.8, 4) is 33.8 Å². The van der Waals surface area contributed by atoms with Gasteiger partial charge in [-0.15, -0.1) is 0 Å². The van der Waals surface area contributed by atoms with Crippen LogP contribution in [0.4, 0.5) is 11.4 Å². The first-order chi connectivity index (χ1) is 39.7. The molecule has 0 aliphatic rings. The quantitative estimate of drug-likeness (QED) is 0.0567. The molecule has 7 heterocycles. The standard InChI is InChI=1S/C60H68N12O9.C2H6/c1-35-54(38(4)80-67-35)43-21-46-41(23-50(43)77-11)56(70(34-73)27-40-17-13-15-19-61-40)48(25-63-46)69(10)28-52(74)65-30-59(6,7)32-79-33-60(8,9)31-66-53(75)29-71-49-26-64-47-22-44(55-36(2)68-81-39(55)5)51(78-12)24-42(47)57(49)72(58(71)76)37(3)45-18-14-16-20-62-45;1-2/h13-26,34,37H,27-33H2,1-12H3,(H,65,74)(H,66,75);1-2H3. The summed E-state index contributed by atoms with van der Waals surface area (Å²) in [4.78, 5) is 77.3. The molecule has 0 spiro atoms. The van der Waals surface area contributed by atoms with Gasteiger partial charge in [-0.1, -0.05) is 64.0 Å². The van der Waals surface area contributed by atoms with Crippen molar-refractivity contribution in [3.05, 3.63) is 130 Å². The number of benzene rings is 2. The van der Waals surface area contributed by atoms with Crippen LogP contribution in [0.3, 0.4) is 0 Å². The lowest BCUT2D eigenvalue weighted by Crippen LogP contribution is -2.43. The molecule has 0 bridgehead atoms. The van der Waals surface area contributed by atoms with E-state index in [4.69, 9.17) is 33.2 Å². The Morgan fingerprint density at radius 2 is 1.30 bits per heavy atom. The SMILES string of the molecule is CC.COc1cc2c(N(C=O)Cc3ccccn3)c(N(C)CC(=O)NCC(C)(C)COCC(C)(C)CNC(=O)Cn3c(=O)n(C(C)c4ccccn4)c4c5cc(OC)c(-c6c(C)noc6C)cc5ncc43)cnc2cc1-c1c(C)noc1C. The Morgan fingerprint density at radius 1 is 0.747 bits per heavy atom. The summed E-state index contributed by atoms with van der Waals surface area (Å²) in [6.07, 6.45) is 7.39. The summed E-state index contributed by atoms with van der Waals surface area (Å²) in [5.74, 6) is 1.70. The number of fused-ring (bicyclic) bond motifs is 4. The van der Waals surface area contributed by atoms with Gasteiger partial charge in [0.15, 0.2) is 0 Å². The molecule has 1 atom stereocenters. The third-order valence-electron chi connectivity index (χ3n) is 14.4. The lowest BCUT2D eigenvalue weighted by molar-refractivity contribution is -0.122. The number of nitrogens with one attached hydrogen (secondary N) is 2. The average Bonchev–Trinajstić information content (AvgIpc) is 3.14. The Labute approximate surface area is 482 Å². The van der Waals surface area contributed by atoms with Gasteiger partial charge >= 0.3 is 5.69 Å². The number of carbonyl (C=O) groups is 3. The first kappa shape index (κ1) is 60.1. The van der Waals surface area contributed by atoms with Crippen LogP contribution in [0.15, 0.2) is 99.3 Å². The maximum Gasteiger partial charge on any atom is 0.330 e. The van der Waals surface area contributed by atoms with Crippen LogP contribution >= 0.6 is 0 Å². The lowest BCUT2D eigenvalue weighted by Gasteiger charge is -2.30. The minimum Gasteiger partial charge on any atom is -0.496 e. The Bertz CT molecular complexity index is 3810. The number of aryl methyl sites for hydroxylation is 4. The maximum absolute atomic E-state index is 14.6. The van der Waals surface area contributed by atoms with E-state index in [-0.39, 0.29) is 44.6 Å². The van der Waals surface area contributed by atoms with Gasteiger partial charge in [0, 0.05) is 65.3 Å². The van der Waals surface area contributed by atoms with Crippen molar-refractivity contribution >= 4 is 62.4 Å². The topological polar surface area (TPSA) is 240 Å². The first-order valence-corrected chi connectivity index (χ1v) is 27.6. The highest BCUT2D eigenvalue weighted by molar-refractivity contribution is 6.07. The second kappa shape index (κ2) is 25.4. The molecule has 0 fully saturated rings. The number of amides is 3. The fourth-order valence-corrected chi connectivity index (χ4v) is 10.3. The summed E-state index contributed by atoms with van der Waals surface area (Å²) in [6, 6.07) is 18.0. The molecule has 9 aromatic rings. The number of likely N-dealkylation sites (N-methyl/N-ethyl adjacent to an activating group) is 1. The molecule has 0 saturated heterocycles. The van der Waals surface area contributed by atoms with Gasteiger partial charge in [0.2, 0.25) is 18.2 Å². The van der Waals surface area contributed by atoms with E-state index in [0.717, 1.165) is 28.7 Å². The number of pyridine rings is 4. The average molecular weight is 1130 g/mol. The van der Waals surface area contributed by atoms with Crippen LogP contribution in [-0.2, 0) is 32.2 Å². The number of hydrogen-bond acceptors (Lipinski definition) is 16. The third-order valence-corrected chi connectivity index (χ3v) is 14.4. The molecule has 0 aliphatic carbocycles. The van der Waals surface area contributed by atoms with Crippen LogP contribution in [0.1, 0.15) is 88.8 Å². The van der Waals surface area contributed by atoms with Gasteiger partial charge in [-0.25, -0.2) is 4.79 Å². The molecule has 0 radical (unpaired) electrons. The molecule has 1 unspecified atom stereocenters. The normalized spacial score (nSPS) is 12.0. The number of nitrogens with zero attached hydrogens (tertiary/aromatic N) is 10. The van der Waals surface area contributed by atoms with E-state index in [1.165, 1.54) is 4.57 Å². The van der Waals surface area contributed by atoms with E-state index in [2.05, 4.69) is 30.9 Å². The van der Waals surface area contributed by atoms with E-state index in [0.29, 0.717) is 103 Å². The molecular weight excluding hydrogens is 1060 g/mol. The summed E-state index contributed by atoms with van der Waals surface area (Å²) >= 11 is 0. The molecule has 7 aromatic heterocycles. The Kier molecular flexibility index (Phi) is 18.4. The number of ether oxygens (including phenoxy) is 3. The lowest BCUT2D eigenvalue weighted by atomic mass is 9.93. The van der Waals surface area contributed by atoms with E-state index in [1.54, 1.807) is 60.4 Å². The van der Waals surface area contributed by atoms with Crippen LogP contribution in [0, 0.1) is 38.5 Å². The zero-order valence-corrected chi connectivity index (χ0v) is 49.8. The molecule has 21 heteroatoms. The minimum absolute atomic E-state index is 0.0582. The van der Waals surface area contributed by atoms with Crippen molar-refractivity contribution in [1.82, 2.24) is 50.0 Å². The van der Waals surface area contributed by atoms with Crippen molar-refractivity contribution in [2.75, 3.05) is 63.9 Å². The van der Waals surface area contributed by atoms with Crippen molar-refractivity contribution in [3.63, 3.8) is 0 Å². The van der Waals surface area contributed by atoms with Crippen LogP contribution in [-0.4, -0.2) is 112 Å². The number of anilines is 2. The zero-order chi connectivity index (χ0) is 59.9. The van der Waals surface area contributed by atoms with Gasteiger partial charge in [-0.05, 0) is 83.1 Å². The van der Waals surface area contributed by atoms with Crippen molar-refractivity contribution in [2.24, 2.45) is 10.8 Å². The molecule has 21 nitrogen and oxygen atoms in total. The number of rotatable bonds is 23. The molecule has 436 valence electrons. The number of hydrogen-bond donors (Lipinski definition) is 2. The van der Waals surface area contributed by atoms with E-state index in [1.807, 2.05) is 137 Å². The predicted octanol–water partition coefficient (Wildman–Crippen LogP) is 9.49. The van der Waals surface area contributed by atoms with Gasteiger partial charge < -0.3 is 43.7 Å². The molecule has 0 aliphatic heterocycles. The smallest absolute Gasteiger partial charge is 0.330 e. The number of imidazole rings is 1. The zero-order valence-electron chi connectivity index (χ0n) is 49.8. The summed E-state index contributed by atoms with van der Waals surface area (Å²) in [6.45, 7) is 22.2. The highest BCUT2D eigenvalue weighted by atomic mass is 16.5. The largest absolute Gasteiger partial charge is 0.496 e. The van der Waals surface area contributed by atoms with Crippen LogP contribution in [0.25, 0.3) is 55.1 Å². The highest BCUT2D eigenvalue weighted by Crippen LogP contribution is 2.44. The molecule has 0 saturated carbocycles. The van der Waals surface area contributed by atoms with E-state index < -0.39 is 22.6 Å². The minimum atomic E-state index is -0.519. The van der Waals surface area contributed by atoms with E-state index >= 15 is 0 Å². The van der Waals surface area contributed by atoms with Crippen LogP contribution < -0.4 is 35.6 Å². The molecule has 83 heavy (non-hydrogen) atoms. The highest BCUT2D eigenvalue weighted by Gasteiger charge is 2.29. The summed E-state index contributed by atoms with van der Waals surface area (Å²) < 4.78 is 32.2. The van der Waals surface area contributed by atoms with Crippen molar-refractivity contribution in [2.45, 2.75) is 95.3 Å². The second-order valence-electron chi connectivity index (χ2n) is 22.0. The van der Waals surface area contributed by atoms with Gasteiger partial charge in [0.05, 0.1) is 126 Å². The summed E-state index contributed by atoms with van der Waals surface area (Å²) in [5.41, 5.74) is 7.72. The molecule has 3 amide bonds. The molecule has 2 aromatic carbocycles. The fourth-order valence-electron chi connectivity index (χ4n) is 10.3. The summed E-state index contributed by atoms with van der Waals surface area (Å²) in [7, 11) is 4.93. The fraction of sp³-hybridized carbons (Fsp3) is 0.387. The van der Waals surface area contributed by atoms with Crippen LogP contribution in [0.2, 0.25) is 0 Å². The molecule has 9 rings (SSSR count). The number of carbonyl (C=O) groups excluding carboxylic acids is 3. The van der Waals surface area contributed by atoms with Crippen LogP contribution in [0.5, 0.6) is 11.5 Å². The van der Waals surface area contributed by atoms with Gasteiger partial charge in [0.1, 0.15) is 29.6 Å². The first-order valence-electron chi connectivity index (χ1n) is 27.6. The monoisotopic (exact) mass is 1130 g/mol. The van der Waals surface area contributed by atoms with E-state index in [9.17, 15) is 19.2 Å². The van der Waals surface area contributed by atoms with Gasteiger partial charge in [-0.2, -0.15) is 0 Å². The molecule has 2 N–H and O–H groups in total. The third kappa shape index (κ3) is 12.9. The van der Waals surface area contributed by atoms with Gasteiger partial charge in [-0.3, -0.25) is 43.5 Å². The van der Waals surface area contributed by atoms with Gasteiger partial charge in [0.25, 0.3) is 0 Å². The Hall–Kier alpha value is -8.98. The number of aromatic nitrogens is 8. The predicted molar refractivity (Wildman–Crippen MR) is 320 cm³/mol. The van der Waals surface area contributed by atoms with Crippen molar-refractivity contribution in [1.29, 1.82) is 0 Å². The summed E-state index contributed by atoms with van der Waals surface area (Å²) in [5, 5.41) is 15.7. The second-order valence-corrected chi connectivity index (χ2v) is 22.0. The maximum atomic E-state index is 14.6.